The highest BCUT2D eigenvalue weighted by Gasteiger charge is 1.99. The van der Waals surface area contributed by atoms with Crippen molar-refractivity contribution in [3.8, 4) is 0 Å². The summed E-state index contributed by atoms with van der Waals surface area (Å²) in [6, 6.07) is 3.52. The van der Waals surface area contributed by atoms with E-state index in [0.29, 0.717) is 5.69 Å². The maximum absolute atomic E-state index is 5.62. The smallest absolute Gasteiger partial charge is 0.188 e. The van der Waals surface area contributed by atoms with Crippen LogP contribution in [-0.4, -0.2) is 9.97 Å². The minimum absolute atomic E-state index is 0.691. The van der Waals surface area contributed by atoms with Gasteiger partial charge in [0.05, 0.1) is 5.69 Å². The second kappa shape index (κ2) is 3.63. The van der Waals surface area contributed by atoms with Crippen LogP contribution in [-0.2, 0) is 0 Å². The summed E-state index contributed by atoms with van der Waals surface area (Å²) < 4.78 is 0. The third kappa shape index (κ3) is 2.00. The maximum Gasteiger partial charge on any atom is 0.188 e. The summed E-state index contributed by atoms with van der Waals surface area (Å²) >= 11 is 1.55. The van der Waals surface area contributed by atoms with E-state index < -0.39 is 0 Å². The lowest BCUT2D eigenvalue weighted by Gasteiger charge is -2.01. The standard InChI is InChI=1S/C9H10N4S/c1-6-5-14-9(12-6)13-8-4-7(10)2-3-11-8/h2-5H,1H3,(H3,10,11,12,13). The summed E-state index contributed by atoms with van der Waals surface area (Å²) in [4.78, 5) is 8.38. The molecule has 72 valence electrons. The molecule has 0 unspecified atom stereocenters. The molecule has 4 nitrogen and oxygen atoms in total. The van der Waals surface area contributed by atoms with Crippen molar-refractivity contribution >= 4 is 28.0 Å². The fraction of sp³-hybridized carbons (Fsp3) is 0.111. The van der Waals surface area contributed by atoms with E-state index >= 15 is 0 Å². The van der Waals surface area contributed by atoms with Crippen molar-refractivity contribution in [3.63, 3.8) is 0 Å². The first-order chi connectivity index (χ1) is 6.74. The summed E-state index contributed by atoms with van der Waals surface area (Å²) in [6.07, 6.45) is 1.66. The van der Waals surface area contributed by atoms with E-state index in [1.165, 1.54) is 0 Å². The lowest BCUT2D eigenvalue weighted by Crippen LogP contribution is -1.94. The number of hydrogen-bond donors (Lipinski definition) is 2. The second-order valence-electron chi connectivity index (χ2n) is 2.89. The number of aryl methyl sites for hydroxylation is 1. The molecule has 0 bridgehead atoms. The quantitative estimate of drug-likeness (QED) is 0.790. The third-order valence-electron chi connectivity index (χ3n) is 1.64. The average Bonchev–Trinajstić information content (AvgIpc) is 2.51. The van der Waals surface area contributed by atoms with Crippen LogP contribution >= 0.6 is 11.3 Å². The van der Waals surface area contributed by atoms with E-state index in [9.17, 15) is 0 Å². The Bertz CT molecular complexity index is 438. The maximum atomic E-state index is 5.62. The minimum atomic E-state index is 0.691. The molecule has 0 aliphatic heterocycles. The van der Waals surface area contributed by atoms with Crippen molar-refractivity contribution in [1.82, 2.24) is 9.97 Å². The van der Waals surface area contributed by atoms with E-state index in [4.69, 9.17) is 5.73 Å². The van der Waals surface area contributed by atoms with Crippen molar-refractivity contribution in [3.05, 3.63) is 29.4 Å². The first kappa shape index (κ1) is 8.96. The molecule has 0 radical (unpaired) electrons. The highest BCUT2D eigenvalue weighted by atomic mass is 32.1. The molecule has 0 saturated heterocycles. The summed E-state index contributed by atoms with van der Waals surface area (Å²) in [5.74, 6) is 0.722. The predicted molar refractivity (Wildman–Crippen MR) is 58.8 cm³/mol. The predicted octanol–water partition coefficient (Wildman–Crippen LogP) is 2.17. The van der Waals surface area contributed by atoms with E-state index in [0.717, 1.165) is 16.6 Å². The molecule has 0 aromatic carbocycles. The lowest BCUT2D eigenvalue weighted by atomic mass is 10.4. The van der Waals surface area contributed by atoms with Crippen LogP contribution in [0, 0.1) is 6.92 Å². The number of aromatic nitrogens is 2. The summed E-state index contributed by atoms with van der Waals surface area (Å²) in [5.41, 5.74) is 7.31. The van der Waals surface area contributed by atoms with E-state index in [1.54, 1.807) is 29.7 Å². The second-order valence-corrected chi connectivity index (χ2v) is 3.75. The fourth-order valence-corrected chi connectivity index (χ4v) is 1.73. The molecule has 2 aromatic rings. The number of nitrogens with two attached hydrogens (primary N) is 1. The van der Waals surface area contributed by atoms with Crippen LogP contribution < -0.4 is 11.1 Å². The number of nitrogen functional groups attached to an aromatic ring is 1. The Morgan fingerprint density at radius 3 is 3.00 bits per heavy atom. The molecule has 5 heteroatoms. The Balaban J connectivity index is 2.18. The van der Waals surface area contributed by atoms with Crippen LogP contribution in [0.1, 0.15) is 5.69 Å². The molecule has 2 rings (SSSR count). The largest absolute Gasteiger partial charge is 0.399 e. The number of thiazole rings is 1. The van der Waals surface area contributed by atoms with Crippen LogP contribution in [0.4, 0.5) is 16.6 Å². The van der Waals surface area contributed by atoms with Gasteiger partial charge in [0.1, 0.15) is 5.82 Å². The van der Waals surface area contributed by atoms with Gasteiger partial charge in [-0.15, -0.1) is 11.3 Å². The van der Waals surface area contributed by atoms with Crippen molar-refractivity contribution in [2.45, 2.75) is 6.92 Å². The monoisotopic (exact) mass is 206 g/mol. The zero-order valence-corrected chi connectivity index (χ0v) is 8.51. The molecule has 2 aromatic heterocycles. The molecular weight excluding hydrogens is 196 g/mol. The molecule has 14 heavy (non-hydrogen) atoms. The summed E-state index contributed by atoms with van der Waals surface area (Å²) in [5, 5.41) is 5.90. The van der Waals surface area contributed by atoms with Crippen molar-refractivity contribution in [1.29, 1.82) is 0 Å². The van der Waals surface area contributed by atoms with Gasteiger partial charge in [-0.05, 0) is 13.0 Å². The Morgan fingerprint density at radius 1 is 1.50 bits per heavy atom. The minimum Gasteiger partial charge on any atom is -0.399 e. The van der Waals surface area contributed by atoms with Crippen molar-refractivity contribution < 1.29 is 0 Å². The van der Waals surface area contributed by atoms with Gasteiger partial charge in [-0.2, -0.15) is 0 Å². The van der Waals surface area contributed by atoms with E-state index in [-0.39, 0.29) is 0 Å². The van der Waals surface area contributed by atoms with Gasteiger partial charge in [0.25, 0.3) is 0 Å². The van der Waals surface area contributed by atoms with Crippen LogP contribution in [0.25, 0.3) is 0 Å². The molecular formula is C9H10N4S. The number of nitrogens with one attached hydrogen (secondary N) is 1. The Labute approximate surface area is 85.8 Å². The molecule has 0 aliphatic carbocycles. The molecule has 2 heterocycles. The van der Waals surface area contributed by atoms with E-state index in [2.05, 4.69) is 15.3 Å². The lowest BCUT2D eigenvalue weighted by molar-refractivity contribution is 1.24. The number of rotatable bonds is 2. The van der Waals surface area contributed by atoms with Crippen molar-refractivity contribution in [2.75, 3.05) is 11.1 Å². The number of anilines is 3. The van der Waals surface area contributed by atoms with Gasteiger partial charge >= 0.3 is 0 Å². The topological polar surface area (TPSA) is 63.8 Å². The SMILES string of the molecule is Cc1csc(Nc2cc(N)ccn2)n1. The Morgan fingerprint density at radius 2 is 2.36 bits per heavy atom. The summed E-state index contributed by atoms with van der Waals surface area (Å²) in [7, 11) is 0. The molecule has 0 aliphatic rings. The number of nitrogens with zero attached hydrogens (tertiary/aromatic N) is 2. The summed E-state index contributed by atoms with van der Waals surface area (Å²) in [6.45, 7) is 1.95. The van der Waals surface area contributed by atoms with Crippen molar-refractivity contribution in [2.24, 2.45) is 0 Å². The molecule has 0 fully saturated rings. The van der Waals surface area contributed by atoms with Gasteiger partial charge in [0.2, 0.25) is 0 Å². The van der Waals surface area contributed by atoms with Gasteiger partial charge in [-0.25, -0.2) is 9.97 Å². The normalized spacial score (nSPS) is 10.1. The van der Waals surface area contributed by atoms with Gasteiger partial charge in [-0.3, -0.25) is 0 Å². The fourth-order valence-electron chi connectivity index (χ4n) is 1.04. The highest BCUT2D eigenvalue weighted by molar-refractivity contribution is 7.13. The number of pyridine rings is 1. The van der Waals surface area contributed by atoms with Crippen LogP contribution in [0.5, 0.6) is 0 Å². The highest BCUT2D eigenvalue weighted by Crippen LogP contribution is 2.19. The van der Waals surface area contributed by atoms with Gasteiger partial charge in [0, 0.05) is 23.3 Å². The van der Waals surface area contributed by atoms with Crippen LogP contribution in [0.2, 0.25) is 0 Å². The Kier molecular flexibility index (Phi) is 2.32. The molecule has 3 N–H and O–H groups in total. The molecule has 0 atom stereocenters. The van der Waals surface area contributed by atoms with Gasteiger partial charge in [0.15, 0.2) is 5.13 Å². The van der Waals surface area contributed by atoms with Crippen LogP contribution in [0.15, 0.2) is 23.7 Å². The zero-order chi connectivity index (χ0) is 9.97. The van der Waals surface area contributed by atoms with Gasteiger partial charge < -0.3 is 11.1 Å². The third-order valence-corrected chi connectivity index (χ3v) is 2.51. The molecule has 0 saturated carbocycles. The zero-order valence-electron chi connectivity index (χ0n) is 7.69. The van der Waals surface area contributed by atoms with E-state index in [1.807, 2.05) is 12.3 Å². The first-order valence-corrected chi connectivity index (χ1v) is 5.03. The van der Waals surface area contributed by atoms with Crippen LogP contribution in [0.3, 0.4) is 0 Å². The molecule has 0 amide bonds. The average molecular weight is 206 g/mol. The molecule has 0 spiro atoms. The van der Waals surface area contributed by atoms with Gasteiger partial charge in [-0.1, -0.05) is 0 Å². The Hall–Kier alpha value is -1.62. The first-order valence-electron chi connectivity index (χ1n) is 4.15. The number of hydrogen-bond acceptors (Lipinski definition) is 5.